The maximum Gasteiger partial charge on any atom is 0.0368 e. The third kappa shape index (κ3) is 2.86. The molecule has 1 aromatic rings. The highest BCUT2D eigenvalue weighted by atomic mass is 15.1. The molecular formula is C16H26N2. The van der Waals surface area contributed by atoms with Crippen LogP contribution in [0.4, 0.5) is 5.69 Å². The number of hydrogen-bond acceptors (Lipinski definition) is 2. The topological polar surface area (TPSA) is 15.3 Å². The number of rotatable bonds is 3. The Balaban J connectivity index is 2.13. The molecule has 0 bridgehead atoms. The Kier molecular flexibility index (Phi) is 3.96. The van der Waals surface area contributed by atoms with Gasteiger partial charge in [-0.15, -0.1) is 0 Å². The van der Waals surface area contributed by atoms with Crippen LogP contribution in [0, 0.1) is 18.3 Å². The second-order valence-electron chi connectivity index (χ2n) is 6.28. The van der Waals surface area contributed by atoms with Gasteiger partial charge in [0.2, 0.25) is 0 Å². The van der Waals surface area contributed by atoms with Gasteiger partial charge in [-0.05, 0) is 56.0 Å². The molecule has 0 spiro atoms. The van der Waals surface area contributed by atoms with E-state index in [9.17, 15) is 0 Å². The number of nitrogens with zero attached hydrogens (tertiary/aromatic N) is 1. The Bertz CT molecular complexity index is 398. The summed E-state index contributed by atoms with van der Waals surface area (Å²) >= 11 is 0. The summed E-state index contributed by atoms with van der Waals surface area (Å²) in [5.41, 5.74) is 3.18. The largest absolute Gasteiger partial charge is 0.371 e. The number of benzene rings is 1. The van der Waals surface area contributed by atoms with Crippen LogP contribution in [0.1, 0.15) is 25.8 Å². The van der Waals surface area contributed by atoms with Crippen molar-refractivity contribution >= 4 is 5.69 Å². The standard InChI is InChI=1S/C16H26N2/c1-13-6-5-7-15(10-13)18-9-8-16(2,3)14(12-18)11-17-4/h5-7,10,14,17H,8-9,11-12H2,1-4H3. The number of piperidine rings is 1. The van der Waals surface area contributed by atoms with E-state index in [2.05, 4.69) is 62.3 Å². The van der Waals surface area contributed by atoms with Crippen molar-refractivity contribution < 1.29 is 0 Å². The zero-order valence-electron chi connectivity index (χ0n) is 12.2. The van der Waals surface area contributed by atoms with Crippen molar-refractivity contribution in [2.45, 2.75) is 27.2 Å². The van der Waals surface area contributed by atoms with Crippen molar-refractivity contribution in [1.82, 2.24) is 5.32 Å². The molecule has 1 aromatic carbocycles. The lowest BCUT2D eigenvalue weighted by atomic mass is 9.73. The van der Waals surface area contributed by atoms with Gasteiger partial charge in [0, 0.05) is 18.8 Å². The third-order valence-corrected chi connectivity index (χ3v) is 4.39. The van der Waals surface area contributed by atoms with Crippen molar-refractivity contribution in [2.24, 2.45) is 11.3 Å². The molecule has 0 saturated carbocycles. The second kappa shape index (κ2) is 5.31. The van der Waals surface area contributed by atoms with Gasteiger partial charge in [-0.2, -0.15) is 0 Å². The average molecular weight is 246 g/mol. The van der Waals surface area contributed by atoms with Crippen molar-refractivity contribution in [3.8, 4) is 0 Å². The van der Waals surface area contributed by atoms with Gasteiger partial charge >= 0.3 is 0 Å². The van der Waals surface area contributed by atoms with Crippen LogP contribution in [-0.4, -0.2) is 26.7 Å². The van der Waals surface area contributed by atoms with Crippen molar-refractivity contribution in [3.05, 3.63) is 29.8 Å². The first-order valence-corrected chi connectivity index (χ1v) is 6.99. The Hall–Kier alpha value is -1.02. The highest BCUT2D eigenvalue weighted by Crippen LogP contribution is 2.36. The highest BCUT2D eigenvalue weighted by Gasteiger charge is 2.34. The maximum atomic E-state index is 3.35. The summed E-state index contributed by atoms with van der Waals surface area (Å²) in [6.45, 7) is 10.4. The van der Waals surface area contributed by atoms with E-state index in [1.807, 2.05) is 0 Å². The predicted octanol–water partition coefficient (Wildman–Crippen LogP) is 3.07. The van der Waals surface area contributed by atoms with Crippen LogP contribution in [0.5, 0.6) is 0 Å². The SMILES string of the molecule is CNCC1CN(c2cccc(C)c2)CCC1(C)C. The molecule has 1 heterocycles. The molecule has 2 rings (SSSR count). The monoisotopic (exact) mass is 246 g/mol. The molecule has 1 atom stereocenters. The summed E-state index contributed by atoms with van der Waals surface area (Å²) in [6, 6.07) is 8.87. The molecule has 0 aliphatic carbocycles. The summed E-state index contributed by atoms with van der Waals surface area (Å²) in [4.78, 5) is 2.54. The van der Waals surface area contributed by atoms with Crippen LogP contribution in [-0.2, 0) is 0 Å². The molecule has 0 aromatic heterocycles. The molecule has 1 aliphatic heterocycles. The van der Waals surface area contributed by atoms with Gasteiger partial charge in [0.05, 0.1) is 0 Å². The van der Waals surface area contributed by atoms with Gasteiger partial charge in [-0.3, -0.25) is 0 Å². The lowest BCUT2D eigenvalue weighted by Gasteiger charge is -2.45. The first-order chi connectivity index (χ1) is 8.53. The van der Waals surface area contributed by atoms with Crippen molar-refractivity contribution in [2.75, 3.05) is 31.6 Å². The number of nitrogens with one attached hydrogen (secondary N) is 1. The van der Waals surface area contributed by atoms with E-state index in [-0.39, 0.29) is 0 Å². The van der Waals surface area contributed by atoms with Gasteiger partial charge in [-0.1, -0.05) is 26.0 Å². The average Bonchev–Trinajstić information content (AvgIpc) is 2.32. The van der Waals surface area contributed by atoms with E-state index in [1.54, 1.807) is 0 Å². The van der Waals surface area contributed by atoms with Crippen LogP contribution in [0.15, 0.2) is 24.3 Å². The summed E-state index contributed by atoms with van der Waals surface area (Å²) in [5, 5.41) is 3.35. The molecule has 0 radical (unpaired) electrons. The van der Waals surface area contributed by atoms with Gasteiger partial charge in [-0.25, -0.2) is 0 Å². The third-order valence-electron chi connectivity index (χ3n) is 4.39. The molecule has 1 unspecified atom stereocenters. The predicted molar refractivity (Wildman–Crippen MR) is 79.2 cm³/mol. The summed E-state index contributed by atoms with van der Waals surface area (Å²) in [5.74, 6) is 0.719. The Morgan fingerprint density at radius 2 is 2.17 bits per heavy atom. The fourth-order valence-corrected chi connectivity index (χ4v) is 2.88. The van der Waals surface area contributed by atoms with E-state index in [1.165, 1.54) is 24.2 Å². The molecule has 2 nitrogen and oxygen atoms in total. The van der Waals surface area contributed by atoms with E-state index >= 15 is 0 Å². The molecule has 1 fully saturated rings. The van der Waals surface area contributed by atoms with Crippen LogP contribution in [0.3, 0.4) is 0 Å². The quantitative estimate of drug-likeness (QED) is 0.882. The first kappa shape index (κ1) is 13.4. The Morgan fingerprint density at radius 3 is 2.83 bits per heavy atom. The van der Waals surface area contributed by atoms with Gasteiger partial charge in [0.15, 0.2) is 0 Å². The van der Waals surface area contributed by atoms with E-state index in [4.69, 9.17) is 0 Å². The molecule has 2 heteroatoms. The Labute approximate surface area is 111 Å². The lowest BCUT2D eigenvalue weighted by Crippen LogP contribution is -2.48. The molecule has 1 N–H and O–H groups in total. The summed E-state index contributed by atoms with van der Waals surface area (Å²) < 4.78 is 0. The molecule has 18 heavy (non-hydrogen) atoms. The number of hydrogen-bond donors (Lipinski definition) is 1. The maximum absolute atomic E-state index is 3.35. The van der Waals surface area contributed by atoms with Crippen LogP contribution in [0.2, 0.25) is 0 Å². The van der Waals surface area contributed by atoms with Crippen LogP contribution < -0.4 is 10.2 Å². The smallest absolute Gasteiger partial charge is 0.0368 e. The second-order valence-corrected chi connectivity index (χ2v) is 6.28. The van der Waals surface area contributed by atoms with Gasteiger partial charge < -0.3 is 10.2 Å². The summed E-state index contributed by atoms with van der Waals surface area (Å²) in [7, 11) is 2.06. The first-order valence-electron chi connectivity index (χ1n) is 6.99. The minimum atomic E-state index is 0.448. The van der Waals surface area contributed by atoms with Crippen molar-refractivity contribution in [3.63, 3.8) is 0 Å². The minimum absolute atomic E-state index is 0.448. The molecule has 100 valence electrons. The zero-order chi connectivity index (χ0) is 13.2. The van der Waals surface area contributed by atoms with Crippen LogP contribution in [0.25, 0.3) is 0 Å². The fourth-order valence-electron chi connectivity index (χ4n) is 2.88. The minimum Gasteiger partial charge on any atom is -0.371 e. The van der Waals surface area contributed by atoms with Gasteiger partial charge in [0.1, 0.15) is 0 Å². The van der Waals surface area contributed by atoms with E-state index < -0.39 is 0 Å². The highest BCUT2D eigenvalue weighted by molar-refractivity contribution is 5.49. The van der Waals surface area contributed by atoms with E-state index in [0.717, 1.165) is 19.0 Å². The van der Waals surface area contributed by atoms with Gasteiger partial charge in [0.25, 0.3) is 0 Å². The number of aryl methyl sites for hydroxylation is 1. The fraction of sp³-hybridized carbons (Fsp3) is 0.625. The molecule has 1 saturated heterocycles. The van der Waals surface area contributed by atoms with Crippen LogP contribution >= 0.6 is 0 Å². The lowest BCUT2D eigenvalue weighted by molar-refractivity contribution is 0.169. The van der Waals surface area contributed by atoms with Crippen molar-refractivity contribution in [1.29, 1.82) is 0 Å². The van der Waals surface area contributed by atoms with E-state index in [0.29, 0.717) is 5.41 Å². The summed E-state index contributed by atoms with van der Waals surface area (Å²) in [6.07, 6.45) is 1.27. The normalized spacial score (nSPS) is 23.1. The zero-order valence-corrected chi connectivity index (χ0v) is 12.2. The Morgan fingerprint density at radius 1 is 1.39 bits per heavy atom. The molecule has 0 amide bonds. The number of anilines is 1. The molecule has 1 aliphatic rings. The molecular weight excluding hydrogens is 220 g/mol.